The van der Waals surface area contributed by atoms with Crippen LogP contribution in [0.15, 0.2) is 18.2 Å². The standard InChI is InChI=1S/C17H27NO/c1-13-5-6-16(11-14(13)2)15(3)18-12-17(7-8-17)9-10-19-4/h5-6,11,15,18H,7-10,12H2,1-4H3. The fraction of sp³-hybridized carbons (Fsp3) is 0.647. The van der Waals surface area contributed by atoms with Crippen molar-refractivity contribution >= 4 is 0 Å². The number of hydrogen-bond donors (Lipinski definition) is 1. The van der Waals surface area contributed by atoms with Crippen LogP contribution in [0.5, 0.6) is 0 Å². The van der Waals surface area contributed by atoms with Gasteiger partial charge in [-0.1, -0.05) is 18.2 Å². The second-order valence-corrected chi connectivity index (χ2v) is 6.19. The molecule has 0 aliphatic heterocycles. The van der Waals surface area contributed by atoms with Crippen molar-refractivity contribution in [3.63, 3.8) is 0 Å². The van der Waals surface area contributed by atoms with E-state index in [9.17, 15) is 0 Å². The molecule has 1 aromatic carbocycles. The summed E-state index contributed by atoms with van der Waals surface area (Å²) in [5.74, 6) is 0. The predicted molar refractivity (Wildman–Crippen MR) is 80.5 cm³/mol. The quantitative estimate of drug-likeness (QED) is 0.806. The highest BCUT2D eigenvalue weighted by atomic mass is 16.5. The molecule has 0 heterocycles. The molecule has 1 atom stereocenters. The zero-order valence-corrected chi connectivity index (χ0v) is 12.8. The number of rotatable bonds is 7. The van der Waals surface area contributed by atoms with E-state index in [4.69, 9.17) is 4.74 Å². The van der Waals surface area contributed by atoms with Gasteiger partial charge in [-0.15, -0.1) is 0 Å². The zero-order chi connectivity index (χ0) is 13.9. The maximum Gasteiger partial charge on any atom is 0.0468 e. The molecule has 0 spiro atoms. The van der Waals surface area contributed by atoms with Gasteiger partial charge in [0.1, 0.15) is 0 Å². The summed E-state index contributed by atoms with van der Waals surface area (Å²) in [4.78, 5) is 0. The van der Waals surface area contributed by atoms with Crippen LogP contribution >= 0.6 is 0 Å². The van der Waals surface area contributed by atoms with Gasteiger partial charge in [0.2, 0.25) is 0 Å². The smallest absolute Gasteiger partial charge is 0.0468 e. The Hall–Kier alpha value is -0.860. The Balaban J connectivity index is 1.87. The van der Waals surface area contributed by atoms with Crippen molar-refractivity contribution in [3.8, 4) is 0 Å². The Labute approximate surface area is 117 Å². The van der Waals surface area contributed by atoms with Crippen molar-refractivity contribution in [1.82, 2.24) is 5.32 Å². The van der Waals surface area contributed by atoms with E-state index < -0.39 is 0 Å². The Morgan fingerprint density at radius 3 is 2.58 bits per heavy atom. The lowest BCUT2D eigenvalue weighted by Gasteiger charge is -2.21. The number of hydrogen-bond acceptors (Lipinski definition) is 2. The van der Waals surface area contributed by atoms with Crippen molar-refractivity contribution in [2.24, 2.45) is 5.41 Å². The van der Waals surface area contributed by atoms with E-state index in [0.29, 0.717) is 11.5 Å². The SMILES string of the molecule is COCCC1(CNC(C)c2ccc(C)c(C)c2)CC1. The van der Waals surface area contributed by atoms with Gasteiger partial charge in [0, 0.05) is 26.3 Å². The molecule has 1 aliphatic rings. The normalized spacial score (nSPS) is 18.3. The minimum atomic E-state index is 0.430. The molecule has 106 valence electrons. The highest BCUT2D eigenvalue weighted by Crippen LogP contribution is 2.48. The fourth-order valence-electron chi connectivity index (χ4n) is 2.53. The monoisotopic (exact) mass is 261 g/mol. The van der Waals surface area contributed by atoms with Crippen LogP contribution in [0.25, 0.3) is 0 Å². The van der Waals surface area contributed by atoms with Gasteiger partial charge >= 0.3 is 0 Å². The van der Waals surface area contributed by atoms with Gasteiger partial charge < -0.3 is 10.1 Å². The van der Waals surface area contributed by atoms with E-state index >= 15 is 0 Å². The van der Waals surface area contributed by atoms with Gasteiger partial charge in [-0.05, 0) is 62.1 Å². The molecular weight excluding hydrogens is 234 g/mol. The van der Waals surface area contributed by atoms with Gasteiger partial charge in [0.05, 0.1) is 0 Å². The number of benzene rings is 1. The molecule has 2 nitrogen and oxygen atoms in total. The molecule has 0 saturated heterocycles. The second-order valence-electron chi connectivity index (χ2n) is 6.19. The second kappa shape index (κ2) is 6.06. The fourth-order valence-corrected chi connectivity index (χ4v) is 2.53. The summed E-state index contributed by atoms with van der Waals surface area (Å²) < 4.78 is 5.21. The van der Waals surface area contributed by atoms with Crippen LogP contribution in [0.2, 0.25) is 0 Å². The predicted octanol–water partition coefficient (Wildman–Crippen LogP) is 3.77. The first-order chi connectivity index (χ1) is 9.06. The molecule has 1 saturated carbocycles. The summed E-state index contributed by atoms with van der Waals surface area (Å²) in [6, 6.07) is 7.20. The average molecular weight is 261 g/mol. The lowest BCUT2D eigenvalue weighted by atomic mass is 9.99. The van der Waals surface area contributed by atoms with Crippen LogP contribution in [-0.4, -0.2) is 20.3 Å². The van der Waals surface area contributed by atoms with E-state index in [1.165, 1.54) is 36.0 Å². The van der Waals surface area contributed by atoms with Gasteiger partial charge in [-0.2, -0.15) is 0 Å². The maximum atomic E-state index is 5.21. The summed E-state index contributed by atoms with van der Waals surface area (Å²) in [5, 5.41) is 3.70. The van der Waals surface area contributed by atoms with Crippen LogP contribution < -0.4 is 5.32 Å². The van der Waals surface area contributed by atoms with Crippen molar-refractivity contribution < 1.29 is 4.74 Å². The maximum absolute atomic E-state index is 5.21. The first kappa shape index (κ1) is 14.5. The molecule has 0 bridgehead atoms. The van der Waals surface area contributed by atoms with Crippen LogP contribution in [-0.2, 0) is 4.74 Å². The van der Waals surface area contributed by atoms with Gasteiger partial charge in [0.15, 0.2) is 0 Å². The summed E-state index contributed by atoms with van der Waals surface area (Å²) >= 11 is 0. The van der Waals surface area contributed by atoms with Crippen molar-refractivity contribution in [1.29, 1.82) is 0 Å². The van der Waals surface area contributed by atoms with E-state index in [0.717, 1.165) is 13.2 Å². The molecule has 1 N–H and O–H groups in total. The molecule has 2 rings (SSSR count). The average Bonchev–Trinajstić information content (AvgIpc) is 3.17. The minimum Gasteiger partial charge on any atom is -0.385 e. The van der Waals surface area contributed by atoms with E-state index in [1.54, 1.807) is 7.11 Å². The van der Waals surface area contributed by atoms with Crippen LogP contribution in [0, 0.1) is 19.3 Å². The summed E-state index contributed by atoms with van der Waals surface area (Å²) in [6.45, 7) is 8.62. The lowest BCUT2D eigenvalue weighted by Crippen LogP contribution is -2.27. The largest absolute Gasteiger partial charge is 0.385 e. The third-order valence-electron chi connectivity index (χ3n) is 4.61. The topological polar surface area (TPSA) is 21.3 Å². The van der Waals surface area contributed by atoms with Crippen molar-refractivity contribution in [2.45, 2.75) is 46.1 Å². The molecule has 19 heavy (non-hydrogen) atoms. The minimum absolute atomic E-state index is 0.430. The highest BCUT2D eigenvalue weighted by molar-refractivity contribution is 5.31. The number of methoxy groups -OCH3 is 1. The number of nitrogens with one attached hydrogen (secondary N) is 1. The lowest BCUT2D eigenvalue weighted by molar-refractivity contribution is 0.170. The summed E-state index contributed by atoms with van der Waals surface area (Å²) in [5.41, 5.74) is 4.66. The molecule has 1 fully saturated rings. The van der Waals surface area contributed by atoms with Crippen LogP contribution in [0.1, 0.15) is 48.9 Å². The molecule has 0 radical (unpaired) electrons. The van der Waals surface area contributed by atoms with Crippen molar-refractivity contribution in [2.75, 3.05) is 20.3 Å². The van der Waals surface area contributed by atoms with E-state index in [1.807, 2.05) is 0 Å². The zero-order valence-electron chi connectivity index (χ0n) is 12.8. The third-order valence-corrected chi connectivity index (χ3v) is 4.61. The van der Waals surface area contributed by atoms with E-state index in [2.05, 4.69) is 44.3 Å². The van der Waals surface area contributed by atoms with Crippen molar-refractivity contribution in [3.05, 3.63) is 34.9 Å². The molecule has 1 aliphatic carbocycles. The molecule has 0 aromatic heterocycles. The number of aryl methyl sites for hydroxylation is 2. The first-order valence-corrected chi connectivity index (χ1v) is 7.36. The third kappa shape index (κ3) is 3.80. The summed E-state index contributed by atoms with van der Waals surface area (Å²) in [7, 11) is 1.79. The molecule has 0 amide bonds. The van der Waals surface area contributed by atoms with Gasteiger partial charge in [-0.25, -0.2) is 0 Å². The number of ether oxygens (including phenoxy) is 1. The first-order valence-electron chi connectivity index (χ1n) is 7.36. The Morgan fingerprint density at radius 2 is 2.00 bits per heavy atom. The molecular formula is C17H27NO. The molecule has 1 aromatic rings. The molecule has 2 heteroatoms. The Morgan fingerprint density at radius 1 is 1.26 bits per heavy atom. The highest BCUT2D eigenvalue weighted by Gasteiger charge is 2.41. The van der Waals surface area contributed by atoms with Gasteiger partial charge in [-0.3, -0.25) is 0 Å². The van der Waals surface area contributed by atoms with Crippen LogP contribution in [0.3, 0.4) is 0 Å². The Kier molecular flexibility index (Phi) is 4.64. The van der Waals surface area contributed by atoms with E-state index in [-0.39, 0.29) is 0 Å². The van der Waals surface area contributed by atoms with Crippen LogP contribution in [0.4, 0.5) is 0 Å². The molecule has 1 unspecified atom stereocenters. The Bertz CT molecular complexity index is 423. The van der Waals surface area contributed by atoms with Gasteiger partial charge in [0.25, 0.3) is 0 Å². The summed E-state index contributed by atoms with van der Waals surface area (Å²) in [6.07, 6.45) is 3.89.